The predicted octanol–water partition coefficient (Wildman–Crippen LogP) is 3.55. The number of nitrogens with zero attached hydrogens (tertiary/aromatic N) is 1. The number of methoxy groups -OCH3 is 2. The van der Waals surface area contributed by atoms with Crippen LogP contribution in [0, 0.1) is 5.92 Å². The Balaban J connectivity index is 1.74. The van der Waals surface area contributed by atoms with E-state index < -0.39 is 0 Å². The lowest BCUT2D eigenvalue weighted by Crippen LogP contribution is -2.33. The normalized spacial score (nSPS) is 19.7. The van der Waals surface area contributed by atoms with Crippen LogP contribution in [0.1, 0.15) is 37.7 Å². The van der Waals surface area contributed by atoms with Crippen LogP contribution in [0.4, 0.5) is 0 Å². The smallest absolute Gasteiger partial charge is 0.223 e. The fourth-order valence-corrected chi connectivity index (χ4v) is 3.20. The number of hydrogen-bond acceptors (Lipinski definition) is 3. The van der Waals surface area contributed by atoms with Gasteiger partial charge in [-0.15, -0.1) is 0 Å². The number of carbonyl (C=O) groups is 1. The van der Waals surface area contributed by atoms with Crippen LogP contribution >= 0.6 is 0 Å². The van der Waals surface area contributed by atoms with Crippen LogP contribution < -0.4 is 9.47 Å². The Morgan fingerprint density at radius 1 is 1.22 bits per heavy atom. The molecule has 0 saturated heterocycles. The molecule has 3 rings (SSSR count). The molecule has 1 saturated carbocycles. The molecule has 1 atom stereocenters. The highest BCUT2D eigenvalue weighted by molar-refractivity contribution is 5.77. The summed E-state index contributed by atoms with van der Waals surface area (Å²) in [6, 6.07) is 6.15. The molecular formula is C19H25NO3. The zero-order valence-electron chi connectivity index (χ0n) is 14.0. The fourth-order valence-electron chi connectivity index (χ4n) is 3.20. The van der Waals surface area contributed by atoms with Gasteiger partial charge in [-0.05, 0) is 49.8 Å². The Labute approximate surface area is 138 Å². The molecule has 124 valence electrons. The largest absolute Gasteiger partial charge is 0.497 e. The van der Waals surface area contributed by atoms with Gasteiger partial charge in [0.15, 0.2) is 0 Å². The van der Waals surface area contributed by atoms with Crippen molar-refractivity contribution in [2.75, 3.05) is 14.2 Å². The van der Waals surface area contributed by atoms with Crippen LogP contribution in [0.2, 0.25) is 0 Å². The van der Waals surface area contributed by atoms with Gasteiger partial charge in [0.2, 0.25) is 5.91 Å². The van der Waals surface area contributed by atoms with Gasteiger partial charge < -0.3 is 14.4 Å². The van der Waals surface area contributed by atoms with E-state index in [1.54, 1.807) is 14.2 Å². The Bertz CT molecular complexity index is 592. The summed E-state index contributed by atoms with van der Waals surface area (Å²) in [5.41, 5.74) is 1.01. The number of hydrogen-bond donors (Lipinski definition) is 0. The second-order valence-corrected chi connectivity index (χ2v) is 6.40. The molecule has 23 heavy (non-hydrogen) atoms. The van der Waals surface area contributed by atoms with Crippen LogP contribution in [0.25, 0.3) is 0 Å². The maximum atomic E-state index is 12.8. The van der Waals surface area contributed by atoms with E-state index in [9.17, 15) is 4.79 Å². The first-order valence-corrected chi connectivity index (χ1v) is 8.38. The minimum Gasteiger partial charge on any atom is -0.497 e. The average Bonchev–Trinajstić information content (AvgIpc) is 3.29. The molecule has 2 aliphatic carbocycles. The predicted molar refractivity (Wildman–Crippen MR) is 89.6 cm³/mol. The van der Waals surface area contributed by atoms with E-state index in [2.05, 4.69) is 12.2 Å². The first kappa shape index (κ1) is 15.9. The third-order valence-corrected chi connectivity index (χ3v) is 4.69. The van der Waals surface area contributed by atoms with E-state index in [1.807, 2.05) is 23.1 Å². The quantitative estimate of drug-likeness (QED) is 0.722. The first-order valence-electron chi connectivity index (χ1n) is 8.38. The zero-order chi connectivity index (χ0) is 16.2. The molecule has 1 fully saturated rings. The van der Waals surface area contributed by atoms with E-state index >= 15 is 0 Å². The average molecular weight is 315 g/mol. The van der Waals surface area contributed by atoms with Crippen molar-refractivity contribution in [2.24, 2.45) is 5.92 Å². The lowest BCUT2D eigenvalue weighted by Gasteiger charge is -2.25. The van der Waals surface area contributed by atoms with Gasteiger partial charge >= 0.3 is 0 Å². The number of rotatable bonds is 7. The molecular weight excluding hydrogens is 290 g/mol. The number of ether oxygens (including phenoxy) is 2. The molecule has 0 heterocycles. The zero-order valence-corrected chi connectivity index (χ0v) is 14.0. The maximum absolute atomic E-state index is 12.8. The van der Waals surface area contributed by atoms with Gasteiger partial charge in [-0.3, -0.25) is 4.79 Å². The van der Waals surface area contributed by atoms with Gasteiger partial charge in [-0.2, -0.15) is 0 Å². The third kappa shape index (κ3) is 3.87. The van der Waals surface area contributed by atoms with Crippen LogP contribution in [0.3, 0.4) is 0 Å². The molecule has 0 radical (unpaired) electrons. The van der Waals surface area contributed by atoms with Crippen LogP contribution in [0.5, 0.6) is 11.5 Å². The van der Waals surface area contributed by atoms with Crippen molar-refractivity contribution < 1.29 is 14.3 Å². The van der Waals surface area contributed by atoms with Crippen molar-refractivity contribution in [1.29, 1.82) is 0 Å². The highest BCUT2D eigenvalue weighted by atomic mass is 16.5. The summed E-state index contributed by atoms with van der Waals surface area (Å²) >= 11 is 0. The lowest BCUT2D eigenvalue weighted by atomic mass is 10.0. The number of allylic oxidation sites excluding steroid dienone is 2. The summed E-state index contributed by atoms with van der Waals surface area (Å²) in [6.07, 6.45) is 9.42. The van der Waals surface area contributed by atoms with Gasteiger partial charge in [0, 0.05) is 24.6 Å². The van der Waals surface area contributed by atoms with Crippen molar-refractivity contribution >= 4 is 5.91 Å². The highest BCUT2D eigenvalue weighted by Gasteiger charge is 2.33. The summed E-state index contributed by atoms with van der Waals surface area (Å²) in [4.78, 5) is 14.8. The molecule has 2 aliphatic rings. The maximum Gasteiger partial charge on any atom is 0.223 e. The van der Waals surface area contributed by atoms with E-state index in [-0.39, 0.29) is 5.91 Å². The number of carbonyl (C=O) groups excluding carboxylic acids is 1. The van der Waals surface area contributed by atoms with Crippen LogP contribution in [-0.2, 0) is 11.3 Å². The molecule has 0 spiro atoms. The second-order valence-electron chi connectivity index (χ2n) is 6.40. The molecule has 0 N–H and O–H groups in total. The van der Waals surface area contributed by atoms with Gasteiger partial charge in [0.25, 0.3) is 0 Å². The van der Waals surface area contributed by atoms with Crippen LogP contribution in [0.15, 0.2) is 30.4 Å². The van der Waals surface area contributed by atoms with Gasteiger partial charge in [0.1, 0.15) is 11.5 Å². The molecule has 4 nitrogen and oxygen atoms in total. The summed E-state index contributed by atoms with van der Waals surface area (Å²) < 4.78 is 10.8. The van der Waals surface area contributed by atoms with Crippen molar-refractivity contribution in [3.8, 4) is 11.5 Å². The standard InChI is InChI=1S/C19H25NO3/c1-22-17-9-10-18(23-2)15(12-17)13-20(16-7-8-16)19(21)11-14-5-3-4-6-14/h3,5,9-10,12,14,16H,4,6-8,11,13H2,1-2H3. The molecule has 1 aromatic rings. The van der Waals surface area contributed by atoms with Crippen molar-refractivity contribution in [1.82, 2.24) is 4.90 Å². The van der Waals surface area contributed by atoms with E-state index in [4.69, 9.17) is 9.47 Å². The van der Waals surface area contributed by atoms with Gasteiger partial charge in [0.05, 0.1) is 14.2 Å². The number of amides is 1. The minimum atomic E-state index is 0.258. The Morgan fingerprint density at radius 3 is 2.65 bits per heavy atom. The lowest BCUT2D eigenvalue weighted by molar-refractivity contribution is -0.133. The molecule has 1 unspecified atom stereocenters. The SMILES string of the molecule is COc1ccc(OC)c(CN(C(=O)CC2C=CCC2)C2CC2)c1. The van der Waals surface area contributed by atoms with Crippen LogP contribution in [-0.4, -0.2) is 31.1 Å². The van der Waals surface area contributed by atoms with Crippen molar-refractivity contribution in [2.45, 2.75) is 44.7 Å². The van der Waals surface area contributed by atoms with Gasteiger partial charge in [-0.1, -0.05) is 12.2 Å². The minimum absolute atomic E-state index is 0.258. The summed E-state index contributed by atoms with van der Waals surface area (Å²) in [5, 5.41) is 0. The molecule has 0 bridgehead atoms. The molecule has 0 aliphatic heterocycles. The van der Waals surface area contributed by atoms with Gasteiger partial charge in [-0.25, -0.2) is 0 Å². The summed E-state index contributed by atoms with van der Waals surface area (Å²) in [6.45, 7) is 0.598. The first-order chi connectivity index (χ1) is 11.2. The second kappa shape index (κ2) is 7.07. The fraction of sp³-hybridized carbons (Fsp3) is 0.526. The Kier molecular flexibility index (Phi) is 4.89. The molecule has 4 heteroatoms. The van der Waals surface area contributed by atoms with E-state index in [0.29, 0.717) is 24.9 Å². The Morgan fingerprint density at radius 2 is 2.04 bits per heavy atom. The van der Waals surface area contributed by atoms with Crippen molar-refractivity contribution in [3.63, 3.8) is 0 Å². The van der Waals surface area contributed by atoms with Crippen molar-refractivity contribution in [3.05, 3.63) is 35.9 Å². The Hall–Kier alpha value is -1.97. The summed E-state index contributed by atoms with van der Waals surface area (Å²) in [7, 11) is 3.32. The third-order valence-electron chi connectivity index (χ3n) is 4.69. The monoisotopic (exact) mass is 315 g/mol. The molecule has 1 amide bonds. The topological polar surface area (TPSA) is 38.8 Å². The van der Waals surface area contributed by atoms with E-state index in [0.717, 1.165) is 42.7 Å². The van der Waals surface area contributed by atoms with E-state index in [1.165, 1.54) is 0 Å². The molecule has 0 aromatic heterocycles. The highest BCUT2D eigenvalue weighted by Crippen LogP contribution is 2.33. The summed E-state index contributed by atoms with van der Waals surface area (Å²) in [5.74, 6) is 2.28. The molecule has 1 aromatic carbocycles. The number of benzene rings is 1.